The molecule has 2 aromatic rings. The summed E-state index contributed by atoms with van der Waals surface area (Å²) in [5.74, 6) is 5.39. The summed E-state index contributed by atoms with van der Waals surface area (Å²) in [7, 11) is 0. The van der Waals surface area contributed by atoms with E-state index in [2.05, 4.69) is 22.0 Å². The first-order valence-electron chi connectivity index (χ1n) is 4.58. The quantitative estimate of drug-likeness (QED) is 0.721. The molecule has 0 saturated carbocycles. The van der Waals surface area contributed by atoms with Crippen LogP contribution in [0.3, 0.4) is 0 Å². The highest BCUT2D eigenvalue weighted by Gasteiger charge is 2.01. The summed E-state index contributed by atoms with van der Waals surface area (Å²) in [6.45, 7) is 0.342. The van der Waals surface area contributed by atoms with Crippen molar-refractivity contribution in [3.8, 4) is 11.8 Å². The van der Waals surface area contributed by atoms with Crippen LogP contribution in [0.25, 0.3) is 0 Å². The monoisotopic (exact) mass is 235 g/mol. The Morgan fingerprint density at radius 3 is 3.12 bits per heavy atom. The third-order valence-electron chi connectivity index (χ3n) is 1.90. The van der Waals surface area contributed by atoms with Gasteiger partial charge in [-0.05, 0) is 12.1 Å². The maximum Gasteiger partial charge on any atom is 0.343 e. The molecule has 82 valence electrons. The van der Waals surface area contributed by atoms with E-state index in [1.165, 1.54) is 22.2 Å². The Labute approximate surface area is 95.4 Å². The zero-order valence-corrected chi connectivity index (χ0v) is 9.12. The molecule has 0 aliphatic carbocycles. The number of H-pyrrole nitrogens is 1. The number of hydrogen-bond donors (Lipinski definition) is 2. The fourth-order valence-electron chi connectivity index (χ4n) is 1.21. The standard InChI is InChI=1S/C10H9N3O2S/c14-5-1-2-8-3-4-9(16-8)6-13-7-11-12-10(13)15/h3-4,7,14H,5-6H2,(H,12,15). The Morgan fingerprint density at radius 1 is 1.56 bits per heavy atom. The molecular weight excluding hydrogens is 226 g/mol. The number of aromatic amines is 1. The van der Waals surface area contributed by atoms with Crippen LogP contribution in [0.5, 0.6) is 0 Å². The number of rotatable bonds is 2. The van der Waals surface area contributed by atoms with Gasteiger partial charge >= 0.3 is 5.69 Å². The number of aliphatic hydroxyl groups is 1. The molecule has 2 aromatic heterocycles. The molecule has 5 nitrogen and oxygen atoms in total. The van der Waals surface area contributed by atoms with Gasteiger partial charge in [0.05, 0.1) is 11.4 Å². The van der Waals surface area contributed by atoms with E-state index >= 15 is 0 Å². The van der Waals surface area contributed by atoms with Gasteiger partial charge in [-0.1, -0.05) is 11.8 Å². The molecule has 0 aliphatic heterocycles. The van der Waals surface area contributed by atoms with Crippen molar-refractivity contribution < 1.29 is 5.11 Å². The molecule has 0 radical (unpaired) electrons. The lowest BCUT2D eigenvalue weighted by molar-refractivity contribution is 0.350. The van der Waals surface area contributed by atoms with Crippen LogP contribution in [-0.2, 0) is 6.54 Å². The predicted molar refractivity (Wildman–Crippen MR) is 60.2 cm³/mol. The van der Waals surface area contributed by atoms with Gasteiger partial charge in [0.2, 0.25) is 0 Å². The fourth-order valence-corrected chi connectivity index (χ4v) is 2.09. The summed E-state index contributed by atoms with van der Waals surface area (Å²) in [5.41, 5.74) is -0.226. The Kier molecular flexibility index (Phi) is 3.19. The van der Waals surface area contributed by atoms with Crippen LogP contribution in [0.4, 0.5) is 0 Å². The molecule has 2 N–H and O–H groups in total. The summed E-state index contributed by atoms with van der Waals surface area (Å²) in [6, 6.07) is 3.78. The predicted octanol–water partition coefficient (Wildman–Crippen LogP) is 0.0250. The summed E-state index contributed by atoms with van der Waals surface area (Å²) in [5, 5.41) is 14.5. The maximum atomic E-state index is 11.2. The van der Waals surface area contributed by atoms with Crippen LogP contribution < -0.4 is 5.69 Å². The van der Waals surface area contributed by atoms with E-state index in [9.17, 15) is 4.79 Å². The van der Waals surface area contributed by atoms with E-state index in [0.717, 1.165) is 9.75 Å². The molecule has 2 heterocycles. The van der Waals surface area contributed by atoms with E-state index in [1.807, 2.05) is 12.1 Å². The van der Waals surface area contributed by atoms with Gasteiger partial charge < -0.3 is 5.11 Å². The largest absolute Gasteiger partial charge is 0.384 e. The van der Waals surface area contributed by atoms with Gasteiger partial charge in [-0.3, -0.25) is 4.57 Å². The van der Waals surface area contributed by atoms with Crippen molar-refractivity contribution in [1.29, 1.82) is 0 Å². The second kappa shape index (κ2) is 4.79. The van der Waals surface area contributed by atoms with Crippen LogP contribution >= 0.6 is 11.3 Å². The van der Waals surface area contributed by atoms with Gasteiger partial charge in [0, 0.05) is 4.88 Å². The summed E-state index contributed by atoms with van der Waals surface area (Å²) in [4.78, 5) is 13.1. The maximum absolute atomic E-state index is 11.2. The zero-order valence-electron chi connectivity index (χ0n) is 8.30. The van der Waals surface area contributed by atoms with Crippen molar-refractivity contribution in [3.05, 3.63) is 38.7 Å². The lowest BCUT2D eigenvalue weighted by Crippen LogP contribution is -2.16. The van der Waals surface area contributed by atoms with Crippen LogP contribution in [0, 0.1) is 11.8 Å². The number of nitrogens with zero attached hydrogens (tertiary/aromatic N) is 2. The highest BCUT2D eigenvalue weighted by Crippen LogP contribution is 2.15. The molecule has 0 atom stereocenters. The Balaban J connectivity index is 2.14. The second-order valence-electron chi connectivity index (χ2n) is 3.02. The summed E-state index contributed by atoms with van der Waals surface area (Å²) in [6.07, 6.45) is 1.46. The van der Waals surface area contributed by atoms with Crippen molar-refractivity contribution in [2.24, 2.45) is 0 Å². The Hall–Kier alpha value is -1.84. The molecule has 0 bridgehead atoms. The number of nitrogens with one attached hydrogen (secondary N) is 1. The lowest BCUT2D eigenvalue weighted by atomic mass is 10.4. The zero-order chi connectivity index (χ0) is 11.4. The molecule has 16 heavy (non-hydrogen) atoms. The van der Waals surface area contributed by atoms with Crippen LogP contribution in [0.1, 0.15) is 9.75 Å². The highest BCUT2D eigenvalue weighted by atomic mass is 32.1. The molecular formula is C10H9N3O2S. The number of thiophene rings is 1. The van der Waals surface area contributed by atoms with Crippen LogP contribution in [-0.4, -0.2) is 26.5 Å². The minimum atomic E-state index is -0.226. The minimum Gasteiger partial charge on any atom is -0.384 e. The number of hydrogen-bond acceptors (Lipinski definition) is 4. The first kappa shape index (κ1) is 10.7. The van der Waals surface area contributed by atoms with Crippen molar-refractivity contribution in [2.75, 3.05) is 6.61 Å². The average Bonchev–Trinajstić information content (AvgIpc) is 2.87. The van der Waals surface area contributed by atoms with Crippen molar-refractivity contribution in [3.63, 3.8) is 0 Å². The second-order valence-corrected chi connectivity index (χ2v) is 4.18. The molecule has 2 rings (SSSR count). The van der Waals surface area contributed by atoms with E-state index in [0.29, 0.717) is 6.54 Å². The average molecular weight is 235 g/mol. The Bertz CT molecular complexity index is 585. The van der Waals surface area contributed by atoms with E-state index in [1.54, 1.807) is 0 Å². The first-order valence-corrected chi connectivity index (χ1v) is 5.39. The van der Waals surface area contributed by atoms with Gasteiger partial charge in [0.15, 0.2) is 0 Å². The van der Waals surface area contributed by atoms with Crippen molar-refractivity contribution >= 4 is 11.3 Å². The lowest BCUT2D eigenvalue weighted by Gasteiger charge is -1.94. The number of aliphatic hydroxyl groups excluding tert-OH is 1. The fraction of sp³-hybridized carbons (Fsp3) is 0.200. The Morgan fingerprint density at radius 2 is 2.44 bits per heavy atom. The number of aromatic nitrogens is 3. The van der Waals surface area contributed by atoms with E-state index in [-0.39, 0.29) is 12.3 Å². The normalized spacial score (nSPS) is 9.81. The molecule has 0 aliphatic rings. The van der Waals surface area contributed by atoms with Gasteiger partial charge in [-0.2, -0.15) is 5.10 Å². The molecule has 0 amide bonds. The van der Waals surface area contributed by atoms with Gasteiger partial charge in [0.25, 0.3) is 0 Å². The van der Waals surface area contributed by atoms with E-state index < -0.39 is 0 Å². The molecule has 0 unspecified atom stereocenters. The summed E-state index contributed by atoms with van der Waals surface area (Å²) < 4.78 is 1.48. The summed E-state index contributed by atoms with van der Waals surface area (Å²) >= 11 is 1.49. The molecule has 0 fully saturated rings. The van der Waals surface area contributed by atoms with Gasteiger partial charge in [0.1, 0.15) is 12.9 Å². The van der Waals surface area contributed by atoms with Gasteiger partial charge in [-0.15, -0.1) is 11.3 Å². The third kappa shape index (κ3) is 2.39. The SMILES string of the molecule is O=c1[nH]ncn1Cc1ccc(C#CCO)s1. The molecule has 0 saturated heterocycles. The van der Waals surface area contributed by atoms with Crippen LogP contribution in [0.2, 0.25) is 0 Å². The van der Waals surface area contributed by atoms with E-state index in [4.69, 9.17) is 5.11 Å². The topological polar surface area (TPSA) is 70.9 Å². The van der Waals surface area contributed by atoms with Gasteiger partial charge in [-0.25, -0.2) is 9.89 Å². The van der Waals surface area contributed by atoms with Crippen LogP contribution in [0.15, 0.2) is 23.3 Å². The minimum absolute atomic E-state index is 0.144. The molecule has 6 heteroatoms. The van der Waals surface area contributed by atoms with Crippen molar-refractivity contribution in [1.82, 2.24) is 14.8 Å². The third-order valence-corrected chi connectivity index (χ3v) is 2.88. The highest BCUT2D eigenvalue weighted by molar-refractivity contribution is 7.12. The first-order chi connectivity index (χ1) is 7.79. The molecule has 0 spiro atoms. The molecule has 0 aromatic carbocycles. The van der Waals surface area contributed by atoms with Crippen molar-refractivity contribution in [2.45, 2.75) is 6.54 Å². The smallest absolute Gasteiger partial charge is 0.343 e.